The second-order valence-electron chi connectivity index (χ2n) is 10.8. The molecule has 0 fully saturated rings. The van der Waals surface area contributed by atoms with E-state index in [4.69, 9.17) is 0 Å². The predicted molar refractivity (Wildman–Crippen MR) is 147 cm³/mol. The van der Waals surface area contributed by atoms with Gasteiger partial charge in [-0.05, 0) is 55.5 Å². The minimum absolute atomic E-state index is 0.0631. The molecule has 34 heavy (non-hydrogen) atoms. The first-order valence-electron chi connectivity index (χ1n) is 13.4. The van der Waals surface area contributed by atoms with Crippen molar-refractivity contribution in [1.82, 2.24) is 4.48 Å². The van der Waals surface area contributed by atoms with E-state index in [-0.39, 0.29) is 10.8 Å². The third-order valence-electron chi connectivity index (χ3n) is 9.90. The van der Waals surface area contributed by atoms with E-state index in [1.54, 1.807) is 0 Å². The molecule has 4 atom stereocenters. The zero-order valence-corrected chi connectivity index (χ0v) is 21.9. The molecule has 4 unspecified atom stereocenters. The van der Waals surface area contributed by atoms with Crippen molar-refractivity contribution < 1.29 is 0 Å². The summed E-state index contributed by atoms with van der Waals surface area (Å²) in [4.78, 5) is 2.75. The van der Waals surface area contributed by atoms with Gasteiger partial charge in [0.2, 0.25) is 0 Å². The van der Waals surface area contributed by atoms with E-state index in [1.807, 2.05) is 0 Å². The summed E-state index contributed by atoms with van der Waals surface area (Å²) in [6.45, 7) is 14.7. The number of nitrogens with zero attached hydrogens (tertiary/aromatic N) is 2. The number of hydrogen-bond donors (Lipinski definition) is 0. The van der Waals surface area contributed by atoms with Crippen molar-refractivity contribution in [3.05, 3.63) is 84.4 Å². The molecule has 0 spiro atoms. The lowest BCUT2D eigenvalue weighted by atomic mass is 9.54. The molecule has 2 heteroatoms. The Bertz CT molecular complexity index is 1170. The standard InChI is InChI=1S/C32H41N2/c1-7-24(8-2)34(25-18-12-11-13-19-25)29-23-17-16-22-28(29)33-27-21-15-14-20-26(27)31(5,9-3)32(6,10-4)30(33)34/h11-24,30H,7-10H2,1-6H3/q+1. The van der Waals surface area contributed by atoms with Crippen LogP contribution >= 0.6 is 0 Å². The Morgan fingerprint density at radius 3 is 1.94 bits per heavy atom. The Morgan fingerprint density at radius 2 is 1.32 bits per heavy atom. The highest BCUT2D eigenvalue weighted by Crippen LogP contribution is 2.67. The van der Waals surface area contributed by atoms with Crippen molar-refractivity contribution in [2.75, 3.05) is 4.90 Å². The second-order valence-corrected chi connectivity index (χ2v) is 10.8. The molecule has 0 radical (unpaired) electrons. The van der Waals surface area contributed by atoms with E-state index in [0.29, 0.717) is 12.2 Å². The van der Waals surface area contributed by atoms with Gasteiger partial charge in [0.05, 0.1) is 17.1 Å². The Kier molecular flexibility index (Phi) is 5.64. The maximum Gasteiger partial charge on any atom is 0.185 e. The highest BCUT2D eigenvalue weighted by atomic mass is 15.6. The summed E-state index contributed by atoms with van der Waals surface area (Å²) in [6.07, 6.45) is 4.85. The lowest BCUT2D eigenvalue weighted by Gasteiger charge is -2.61. The summed E-state index contributed by atoms with van der Waals surface area (Å²) in [5, 5.41) is 0. The van der Waals surface area contributed by atoms with E-state index in [0.717, 1.165) is 30.2 Å². The number of quaternary nitrogens is 1. The lowest BCUT2D eigenvalue weighted by Crippen LogP contribution is -2.71. The SMILES string of the molecule is CCC(CC)[N+]1(c2ccccc2)c2ccccc2N2c3ccccc3C(C)(CC)C(C)(CC)C21. The van der Waals surface area contributed by atoms with Gasteiger partial charge < -0.3 is 0 Å². The highest BCUT2D eigenvalue weighted by Gasteiger charge is 2.69. The summed E-state index contributed by atoms with van der Waals surface area (Å²) < 4.78 is 0.915. The summed E-state index contributed by atoms with van der Waals surface area (Å²) in [5.41, 5.74) is 7.31. The molecule has 2 aliphatic rings. The number of benzene rings is 3. The van der Waals surface area contributed by atoms with Gasteiger partial charge in [0.15, 0.2) is 11.9 Å². The quantitative estimate of drug-likeness (QED) is 0.336. The van der Waals surface area contributed by atoms with Crippen molar-refractivity contribution in [3.8, 4) is 0 Å². The molecule has 0 saturated carbocycles. The van der Waals surface area contributed by atoms with Crippen LogP contribution in [0.15, 0.2) is 78.9 Å². The van der Waals surface area contributed by atoms with Crippen LogP contribution in [0, 0.1) is 5.41 Å². The van der Waals surface area contributed by atoms with Crippen LogP contribution in [0.25, 0.3) is 0 Å². The number of hydrogen-bond acceptors (Lipinski definition) is 1. The third-order valence-corrected chi connectivity index (χ3v) is 9.90. The van der Waals surface area contributed by atoms with E-state index >= 15 is 0 Å². The van der Waals surface area contributed by atoms with Crippen LogP contribution in [-0.2, 0) is 5.41 Å². The van der Waals surface area contributed by atoms with Gasteiger partial charge >= 0.3 is 0 Å². The molecule has 0 saturated heterocycles. The zero-order valence-electron chi connectivity index (χ0n) is 21.9. The summed E-state index contributed by atoms with van der Waals surface area (Å²) >= 11 is 0. The van der Waals surface area contributed by atoms with Crippen LogP contribution in [0.5, 0.6) is 0 Å². The van der Waals surface area contributed by atoms with Crippen LogP contribution in [0.2, 0.25) is 0 Å². The van der Waals surface area contributed by atoms with E-state index in [1.165, 1.54) is 28.3 Å². The summed E-state index contributed by atoms with van der Waals surface area (Å²) in [6, 6.07) is 30.4. The maximum absolute atomic E-state index is 2.75. The molecule has 2 nitrogen and oxygen atoms in total. The number of fused-ring (bicyclic) bond motifs is 5. The zero-order chi connectivity index (χ0) is 24.1. The fourth-order valence-electron chi connectivity index (χ4n) is 7.76. The first kappa shape index (κ1) is 23.2. The van der Waals surface area contributed by atoms with Gasteiger partial charge in [-0.25, -0.2) is 4.48 Å². The number of anilines is 2. The van der Waals surface area contributed by atoms with E-state index in [9.17, 15) is 0 Å². The average Bonchev–Trinajstić information content (AvgIpc) is 3.21. The van der Waals surface area contributed by atoms with Gasteiger partial charge in [0, 0.05) is 11.5 Å². The summed E-state index contributed by atoms with van der Waals surface area (Å²) in [5.74, 6) is 0. The minimum Gasteiger partial charge on any atom is -0.284 e. The Morgan fingerprint density at radius 1 is 0.735 bits per heavy atom. The first-order valence-corrected chi connectivity index (χ1v) is 13.4. The fourth-order valence-corrected chi connectivity index (χ4v) is 7.76. The molecule has 178 valence electrons. The van der Waals surface area contributed by atoms with Crippen LogP contribution in [0.1, 0.15) is 72.8 Å². The smallest absolute Gasteiger partial charge is 0.185 e. The largest absolute Gasteiger partial charge is 0.284 e. The van der Waals surface area contributed by atoms with Crippen LogP contribution < -0.4 is 9.38 Å². The van der Waals surface area contributed by atoms with Crippen molar-refractivity contribution in [3.63, 3.8) is 0 Å². The minimum atomic E-state index is 0.0631. The van der Waals surface area contributed by atoms with Crippen molar-refractivity contribution >= 4 is 22.7 Å². The Balaban J connectivity index is 1.98. The van der Waals surface area contributed by atoms with Gasteiger partial charge in [-0.3, -0.25) is 4.90 Å². The third kappa shape index (κ3) is 2.67. The maximum atomic E-state index is 2.75. The molecular weight excluding hydrogens is 412 g/mol. The Labute approximate surface area is 206 Å². The Hall–Kier alpha value is -2.58. The molecule has 3 aromatic rings. The average molecular weight is 454 g/mol. The normalized spacial score (nSPS) is 29.6. The monoisotopic (exact) mass is 453 g/mol. The topological polar surface area (TPSA) is 3.24 Å². The molecule has 0 N–H and O–H groups in total. The molecule has 2 aliphatic heterocycles. The molecule has 0 aromatic heterocycles. The second kappa shape index (κ2) is 8.27. The van der Waals surface area contributed by atoms with Gasteiger partial charge in [-0.1, -0.05) is 90.1 Å². The van der Waals surface area contributed by atoms with Gasteiger partial charge in [0.1, 0.15) is 11.4 Å². The van der Waals surface area contributed by atoms with Crippen LogP contribution in [0.3, 0.4) is 0 Å². The molecule has 0 bridgehead atoms. The lowest BCUT2D eigenvalue weighted by molar-refractivity contribution is 0.0192. The number of para-hydroxylation sites is 4. The first-order chi connectivity index (χ1) is 16.5. The molecule has 0 aliphatic carbocycles. The molecular formula is C32H41N2+. The van der Waals surface area contributed by atoms with Gasteiger partial charge in [-0.15, -0.1) is 0 Å². The predicted octanol–water partition coefficient (Wildman–Crippen LogP) is 9.09. The van der Waals surface area contributed by atoms with Crippen molar-refractivity contribution in [2.24, 2.45) is 5.41 Å². The van der Waals surface area contributed by atoms with E-state index < -0.39 is 0 Å². The van der Waals surface area contributed by atoms with Crippen molar-refractivity contribution in [1.29, 1.82) is 0 Å². The van der Waals surface area contributed by atoms with E-state index in [2.05, 4.69) is 125 Å². The fraction of sp³-hybridized carbons (Fsp3) is 0.438. The molecule has 5 rings (SSSR count). The van der Waals surface area contributed by atoms with Crippen LogP contribution in [-0.4, -0.2) is 12.2 Å². The molecule has 3 aromatic carbocycles. The van der Waals surface area contributed by atoms with Gasteiger partial charge in [-0.2, -0.15) is 0 Å². The highest BCUT2D eigenvalue weighted by molar-refractivity contribution is 5.88. The molecule has 0 amide bonds. The van der Waals surface area contributed by atoms with Gasteiger partial charge in [0.25, 0.3) is 0 Å². The van der Waals surface area contributed by atoms with Crippen LogP contribution in [0.4, 0.5) is 22.7 Å². The number of rotatable bonds is 6. The van der Waals surface area contributed by atoms with Crippen molar-refractivity contribution in [2.45, 2.75) is 84.8 Å². The summed E-state index contributed by atoms with van der Waals surface area (Å²) in [7, 11) is 0. The molecule has 2 heterocycles.